The lowest BCUT2D eigenvalue weighted by Crippen LogP contribution is -2.42. The second kappa shape index (κ2) is 8.54. The average molecular weight is 360 g/mol. The van der Waals surface area contributed by atoms with Crippen molar-refractivity contribution in [3.05, 3.63) is 34.7 Å². The molecule has 6 heteroatoms. The van der Waals surface area contributed by atoms with Crippen molar-refractivity contribution >= 4 is 29.0 Å². The summed E-state index contributed by atoms with van der Waals surface area (Å²) in [6.45, 7) is 5.08. The number of piperidine rings is 1. The molecule has 2 amide bonds. The van der Waals surface area contributed by atoms with Crippen LogP contribution in [0.1, 0.15) is 38.2 Å². The summed E-state index contributed by atoms with van der Waals surface area (Å²) < 4.78 is 5.56. The predicted octanol–water partition coefficient (Wildman–Crippen LogP) is 3.96. The minimum atomic E-state index is -0.188. The van der Waals surface area contributed by atoms with Crippen LogP contribution in [0.3, 0.4) is 0 Å². The molecule has 2 aliphatic heterocycles. The van der Waals surface area contributed by atoms with E-state index in [0.717, 1.165) is 55.4 Å². The third kappa shape index (κ3) is 4.64. The van der Waals surface area contributed by atoms with E-state index < -0.39 is 0 Å². The van der Waals surface area contributed by atoms with Crippen molar-refractivity contribution in [3.63, 3.8) is 0 Å². The number of imide groups is 1. The van der Waals surface area contributed by atoms with Crippen LogP contribution in [0, 0.1) is 0 Å². The van der Waals surface area contributed by atoms with E-state index in [-0.39, 0.29) is 11.1 Å². The number of likely N-dealkylation sites (tertiary alicyclic amines) is 1. The summed E-state index contributed by atoms with van der Waals surface area (Å²) in [6, 6.07) is 7.59. The first-order valence-corrected chi connectivity index (χ1v) is 9.69. The Kier molecular flexibility index (Phi) is 6.15. The van der Waals surface area contributed by atoms with Gasteiger partial charge in [0.25, 0.3) is 11.1 Å². The van der Waals surface area contributed by atoms with Crippen LogP contribution in [-0.2, 0) is 4.79 Å². The van der Waals surface area contributed by atoms with Crippen molar-refractivity contribution in [2.75, 3.05) is 26.4 Å². The van der Waals surface area contributed by atoms with Crippen LogP contribution >= 0.6 is 11.8 Å². The minimum absolute atomic E-state index is 0.176. The molecule has 2 aliphatic rings. The lowest BCUT2D eigenvalue weighted by Gasteiger charge is -2.29. The Labute approximate surface area is 153 Å². The van der Waals surface area contributed by atoms with Gasteiger partial charge < -0.3 is 4.74 Å². The number of amides is 2. The summed E-state index contributed by atoms with van der Waals surface area (Å²) in [7, 11) is 0. The molecule has 5 nitrogen and oxygen atoms in total. The van der Waals surface area contributed by atoms with Gasteiger partial charge in [0.05, 0.1) is 18.2 Å². The highest BCUT2D eigenvalue weighted by Crippen LogP contribution is 2.32. The summed E-state index contributed by atoms with van der Waals surface area (Å²) in [5, 5.41) is -0.176. The first-order valence-electron chi connectivity index (χ1n) is 8.88. The molecule has 0 atom stereocenters. The van der Waals surface area contributed by atoms with Gasteiger partial charge in [0.2, 0.25) is 0 Å². The van der Waals surface area contributed by atoms with Gasteiger partial charge in [-0.25, -0.2) is 0 Å². The number of nitrogens with zero attached hydrogens (tertiary/aromatic N) is 2. The van der Waals surface area contributed by atoms with Gasteiger partial charge in [-0.1, -0.05) is 25.5 Å². The molecular weight excluding hydrogens is 336 g/mol. The van der Waals surface area contributed by atoms with E-state index in [1.165, 1.54) is 11.3 Å². The molecule has 0 N–H and O–H groups in total. The number of thioether (sulfide) groups is 1. The monoisotopic (exact) mass is 360 g/mol. The molecule has 2 heterocycles. The fraction of sp³-hybridized carbons (Fsp3) is 0.474. The number of hydrogen-bond acceptors (Lipinski definition) is 5. The highest BCUT2D eigenvalue weighted by Gasteiger charge is 2.36. The standard InChI is InChI=1S/C19H24N2O3S/c1-2-12-24-16-8-6-15(7-9-16)13-17-18(22)21(19(23)25-17)14-20-10-4-3-5-11-20/h6-9,13H,2-5,10-12,14H2,1H3. The van der Waals surface area contributed by atoms with E-state index in [0.29, 0.717) is 18.2 Å². The van der Waals surface area contributed by atoms with Crippen molar-refractivity contribution in [2.45, 2.75) is 32.6 Å². The number of rotatable bonds is 6. The van der Waals surface area contributed by atoms with E-state index in [9.17, 15) is 9.59 Å². The molecule has 3 rings (SSSR count). The molecule has 1 aromatic rings. The van der Waals surface area contributed by atoms with Crippen LogP contribution in [0.2, 0.25) is 0 Å². The van der Waals surface area contributed by atoms with Crippen LogP contribution in [-0.4, -0.2) is 47.3 Å². The summed E-state index contributed by atoms with van der Waals surface area (Å²) in [5.41, 5.74) is 0.896. The van der Waals surface area contributed by atoms with E-state index in [2.05, 4.69) is 11.8 Å². The molecule has 0 aliphatic carbocycles. The zero-order valence-corrected chi connectivity index (χ0v) is 15.4. The van der Waals surface area contributed by atoms with Crippen LogP contribution in [0.15, 0.2) is 29.2 Å². The van der Waals surface area contributed by atoms with E-state index in [1.807, 2.05) is 24.3 Å². The smallest absolute Gasteiger partial charge is 0.294 e. The van der Waals surface area contributed by atoms with Gasteiger partial charge in [-0.05, 0) is 67.9 Å². The number of carbonyl (C=O) groups excluding carboxylic acids is 2. The molecule has 0 aromatic heterocycles. The van der Waals surface area contributed by atoms with E-state index >= 15 is 0 Å². The largest absolute Gasteiger partial charge is 0.494 e. The van der Waals surface area contributed by atoms with Crippen LogP contribution in [0.4, 0.5) is 4.79 Å². The number of hydrogen-bond donors (Lipinski definition) is 0. The lowest BCUT2D eigenvalue weighted by atomic mass is 10.1. The molecule has 2 saturated heterocycles. The maximum absolute atomic E-state index is 12.6. The average Bonchev–Trinajstić information content (AvgIpc) is 2.89. The molecule has 0 spiro atoms. The van der Waals surface area contributed by atoms with Crippen LogP contribution in [0.25, 0.3) is 6.08 Å². The molecule has 0 bridgehead atoms. The second-order valence-electron chi connectivity index (χ2n) is 6.35. The summed E-state index contributed by atoms with van der Waals surface area (Å²) in [6.07, 6.45) is 6.25. The van der Waals surface area contributed by atoms with Gasteiger partial charge in [0, 0.05) is 0 Å². The van der Waals surface area contributed by atoms with Gasteiger partial charge in [-0.3, -0.25) is 19.4 Å². The Bertz CT molecular complexity index is 651. The fourth-order valence-corrected chi connectivity index (χ4v) is 3.79. The lowest BCUT2D eigenvalue weighted by molar-refractivity contribution is -0.124. The Morgan fingerprint density at radius 1 is 1.12 bits per heavy atom. The molecule has 134 valence electrons. The topological polar surface area (TPSA) is 49.9 Å². The number of benzene rings is 1. The highest BCUT2D eigenvalue weighted by atomic mass is 32.2. The molecule has 0 unspecified atom stereocenters. The van der Waals surface area contributed by atoms with Crippen molar-refractivity contribution in [1.29, 1.82) is 0 Å². The predicted molar refractivity (Wildman–Crippen MR) is 100 cm³/mol. The third-order valence-corrected chi connectivity index (χ3v) is 5.22. The van der Waals surface area contributed by atoms with Gasteiger partial charge in [0.15, 0.2) is 0 Å². The normalized spacial score (nSPS) is 20.5. The molecule has 0 radical (unpaired) electrons. The Hall–Kier alpha value is -1.79. The maximum Gasteiger partial charge on any atom is 0.294 e. The zero-order chi connectivity index (χ0) is 17.6. The second-order valence-corrected chi connectivity index (χ2v) is 7.34. The molecule has 25 heavy (non-hydrogen) atoms. The fourth-order valence-electron chi connectivity index (χ4n) is 2.95. The van der Waals surface area contributed by atoms with E-state index in [1.54, 1.807) is 6.08 Å². The van der Waals surface area contributed by atoms with Gasteiger partial charge in [0.1, 0.15) is 5.75 Å². The van der Waals surface area contributed by atoms with Crippen LogP contribution < -0.4 is 4.74 Å². The molecule has 1 aromatic carbocycles. The van der Waals surface area contributed by atoms with Crippen molar-refractivity contribution in [1.82, 2.24) is 9.80 Å². The molecular formula is C19H24N2O3S. The van der Waals surface area contributed by atoms with Crippen molar-refractivity contribution < 1.29 is 14.3 Å². The summed E-state index contributed by atoms with van der Waals surface area (Å²) in [4.78, 5) is 28.8. The van der Waals surface area contributed by atoms with Crippen molar-refractivity contribution in [2.24, 2.45) is 0 Å². The Morgan fingerprint density at radius 2 is 1.84 bits per heavy atom. The van der Waals surface area contributed by atoms with Crippen LogP contribution in [0.5, 0.6) is 5.75 Å². The number of carbonyl (C=O) groups is 2. The van der Waals surface area contributed by atoms with Crippen molar-refractivity contribution in [3.8, 4) is 5.75 Å². The Balaban J connectivity index is 1.65. The van der Waals surface area contributed by atoms with Gasteiger partial charge >= 0.3 is 0 Å². The van der Waals surface area contributed by atoms with E-state index in [4.69, 9.17) is 4.74 Å². The minimum Gasteiger partial charge on any atom is -0.494 e. The molecule has 0 saturated carbocycles. The highest BCUT2D eigenvalue weighted by molar-refractivity contribution is 8.18. The maximum atomic E-state index is 12.6. The quantitative estimate of drug-likeness (QED) is 0.719. The first-order chi connectivity index (χ1) is 12.2. The summed E-state index contributed by atoms with van der Waals surface area (Å²) in [5.74, 6) is 0.629. The zero-order valence-electron chi connectivity index (χ0n) is 14.6. The molecule has 2 fully saturated rings. The van der Waals surface area contributed by atoms with Gasteiger partial charge in [-0.2, -0.15) is 0 Å². The third-order valence-electron chi connectivity index (χ3n) is 4.31. The Morgan fingerprint density at radius 3 is 2.52 bits per heavy atom. The van der Waals surface area contributed by atoms with Gasteiger partial charge in [-0.15, -0.1) is 0 Å². The SMILES string of the molecule is CCCOc1ccc(C=C2SC(=O)N(CN3CCCCC3)C2=O)cc1. The first kappa shape index (κ1) is 18.0. The summed E-state index contributed by atoms with van der Waals surface area (Å²) >= 11 is 1.02. The number of ether oxygens (including phenoxy) is 1.